The summed E-state index contributed by atoms with van der Waals surface area (Å²) in [4.78, 5) is 4.55. The summed E-state index contributed by atoms with van der Waals surface area (Å²) in [5.74, 6) is 1.76. The first-order valence-electron chi connectivity index (χ1n) is 6.48. The zero-order chi connectivity index (χ0) is 13.0. The molecular formula is C14H19BrClNO. The number of halogens is 2. The van der Waals surface area contributed by atoms with E-state index in [-0.39, 0.29) is 0 Å². The third-order valence-electron chi connectivity index (χ3n) is 3.61. The lowest BCUT2D eigenvalue weighted by Crippen LogP contribution is -2.18. The van der Waals surface area contributed by atoms with Gasteiger partial charge < -0.3 is 4.74 Å². The number of aromatic nitrogens is 1. The van der Waals surface area contributed by atoms with Crippen LogP contribution in [-0.2, 0) is 10.6 Å². The Morgan fingerprint density at radius 1 is 1.50 bits per heavy atom. The molecule has 0 saturated carbocycles. The molecule has 4 heteroatoms. The highest BCUT2D eigenvalue weighted by molar-refractivity contribution is 9.10. The molecule has 1 aliphatic heterocycles. The molecule has 2 heterocycles. The van der Waals surface area contributed by atoms with Crippen molar-refractivity contribution < 1.29 is 4.74 Å². The fourth-order valence-corrected chi connectivity index (χ4v) is 3.23. The summed E-state index contributed by atoms with van der Waals surface area (Å²) in [7, 11) is 0. The van der Waals surface area contributed by atoms with Crippen LogP contribution in [0.3, 0.4) is 0 Å². The quantitative estimate of drug-likeness (QED) is 0.757. The molecule has 1 aromatic heterocycles. The third-order valence-corrected chi connectivity index (χ3v) is 4.33. The van der Waals surface area contributed by atoms with Crippen LogP contribution < -0.4 is 0 Å². The number of rotatable bonds is 4. The Morgan fingerprint density at radius 3 is 2.89 bits per heavy atom. The van der Waals surface area contributed by atoms with Crippen LogP contribution in [0.25, 0.3) is 0 Å². The molecule has 0 amide bonds. The van der Waals surface area contributed by atoms with E-state index in [1.807, 2.05) is 6.20 Å². The highest BCUT2D eigenvalue weighted by atomic mass is 79.9. The average molecular weight is 333 g/mol. The molecule has 0 spiro atoms. The highest BCUT2D eigenvalue weighted by Crippen LogP contribution is 2.31. The third kappa shape index (κ3) is 3.69. The predicted octanol–water partition coefficient (Wildman–Crippen LogP) is 4.50. The Bertz CT molecular complexity index is 393. The van der Waals surface area contributed by atoms with Gasteiger partial charge in [0.1, 0.15) is 0 Å². The SMILES string of the molecule is C[C@@H](CC1CCOCC1)c1ncc(Br)cc1CCl. The molecule has 1 atom stereocenters. The van der Waals surface area contributed by atoms with Crippen LogP contribution in [0.15, 0.2) is 16.7 Å². The van der Waals surface area contributed by atoms with Crippen molar-refractivity contribution in [2.24, 2.45) is 5.92 Å². The van der Waals surface area contributed by atoms with Gasteiger partial charge in [-0.15, -0.1) is 11.6 Å². The Balaban J connectivity index is 2.05. The van der Waals surface area contributed by atoms with Gasteiger partial charge in [0.05, 0.1) is 0 Å². The average Bonchev–Trinajstić information content (AvgIpc) is 2.39. The monoisotopic (exact) mass is 331 g/mol. The molecule has 2 nitrogen and oxygen atoms in total. The van der Waals surface area contributed by atoms with Gasteiger partial charge in [-0.2, -0.15) is 0 Å². The van der Waals surface area contributed by atoms with Gasteiger partial charge in [-0.25, -0.2) is 0 Å². The summed E-state index contributed by atoms with van der Waals surface area (Å²) in [6, 6.07) is 2.08. The summed E-state index contributed by atoms with van der Waals surface area (Å²) in [5, 5.41) is 0. The molecule has 1 fully saturated rings. The van der Waals surface area contributed by atoms with Gasteiger partial charge in [-0.05, 0) is 58.7 Å². The molecule has 2 rings (SSSR count). The van der Waals surface area contributed by atoms with E-state index in [0.717, 1.165) is 34.9 Å². The fraction of sp³-hybridized carbons (Fsp3) is 0.643. The molecule has 0 radical (unpaired) electrons. The minimum atomic E-state index is 0.468. The second kappa shape index (κ2) is 6.88. The number of ether oxygens (including phenoxy) is 1. The molecule has 100 valence electrons. The van der Waals surface area contributed by atoms with Crippen molar-refractivity contribution in [2.45, 2.75) is 38.0 Å². The van der Waals surface area contributed by atoms with Crippen molar-refractivity contribution in [3.63, 3.8) is 0 Å². The summed E-state index contributed by atoms with van der Waals surface area (Å²) in [6.07, 6.45) is 5.40. The first-order chi connectivity index (χ1) is 8.70. The second-order valence-electron chi connectivity index (χ2n) is 5.02. The number of nitrogens with zero attached hydrogens (tertiary/aromatic N) is 1. The van der Waals surface area contributed by atoms with Gasteiger partial charge in [0.25, 0.3) is 0 Å². The Morgan fingerprint density at radius 2 is 2.22 bits per heavy atom. The molecule has 0 N–H and O–H groups in total. The van der Waals surface area contributed by atoms with Crippen LogP contribution in [-0.4, -0.2) is 18.2 Å². The summed E-state index contributed by atoms with van der Waals surface area (Å²) < 4.78 is 6.40. The molecule has 0 bridgehead atoms. The molecular weight excluding hydrogens is 314 g/mol. The van der Waals surface area contributed by atoms with E-state index in [1.54, 1.807) is 0 Å². The van der Waals surface area contributed by atoms with Gasteiger partial charge in [-0.1, -0.05) is 6.92 Å². The van der Waals surface area contributed by atoms with Crippen LogP contribution in [0.4, 0.5) is 0 Å². The van der Waals surface area contributed by atoms with Crippen LogP contribution in [0, 0.1) is 5.92 Å². The van der Waals surface area contributed by atoms with Crippen molar-refractivity contribution >= 4 is 27.5 Å². The number of hydrogen-bond acceptors (Lipinski definition) is 2. The number of pyridine rings is 1. The van der Waals surface area contributed by atoms with Crippen LogP contribution >= 0.6 is 27.5 Å². The van der Waals surface area contributed by atoms with E-state index < -0.39 is 0 Å². The first kappa shape index (κ1) is 14.3. The van der Waals surface area contributed by atoms with Gasteiger partial charge >= 0.3 is 0 Å². The van der Waals surface area contributed by atoms with Crippen molar-refractivity contribution in [2.75, 3.05) is 13.2 Å². The van der Waals surface area contributed by atoms with E-state index >= 15 is 0 Å². The molecule has 1 aliphatic rings. The van der Waals surface area contributed by atoms with Crippen molar-refractivity contribution in [3.8, 4) is 0 Å². The number of hydrogen-bond donors (Lipinski definition) is 0. The fourth-order valence-electron chi connectivity index (χ4n) is 2.64. The highest BCUT2D eigenvalue weighted by Gasteiger charge is 2.20. The smallest absolute Gasteiger partial charge is 0.0492 e. The van der Waals surface area contributed by atoms with Gasteiger partial charge in [0.2, 0.25) is 0 Å². The van der Waals surface area contributed by atoms with E-state index in [9.17, 15) is 0 Å². The summed E-state index contributed by atoms with van der Waals surface area (Å²) in [5.41, 5.74) is 2.30. The minimum absolute atomic E-state index is 0.468. The Labute approximate surface area is 122 Å². The Kier molecular flexibility index (Phi) is 5.46. The van der Waals surface area contributed by atoms with Crippen LogP contribution in [0.1, 0.15) is 43.4 Å². The molecule has 1 aromatic rings. The van der Waals surface area contributed by atoms with E-state index in [0.29, 0.717) is 11.8 Å². The maximum Gasteiger partial charge on any atom is 0.0492 e. The molecule has 0 aromatic carbocycles. The molecule has 0 unspecified atom stereocenters. The van der Waals surface area contributed by atoms with Crippen molar-refractivity contribution in [3.05, 3.63) is 28.0 Å². The summed E-state index contributed by atoms with van der Waals surface area (Å²) >= 11 is 9.46. The largest absolute Gasteiger partial charge is 0.381 e. The zero-order valence-electron chi connectivity index (χ0n) is 10.7. The first-order valence-corrected chi connectivity index (χ1v) is 7.81. The van der Waals surface area contributed by atoms with Gasteiger partial charge in [0.15, 0.2) is 0 Å². The lowest BCUT2D eigenvalue weighted by Gasteiger charge is -2.25. The normalized spacial score (nSPS) is 18.8. The lowest BCUT2D eigenvalue weighted by atomic mass is 9.87. The molecule has 0 aliphatic carbocycles. The van der Waals surface area contributed by atoms with Crippen molar-refractivity contribution in [1.29, 1.82) is 0 Å². The topological polar surface area (TPSA) is 22.1 Å². The predicted molar refractivity (Wildman–Crippen MR) is 78.1 cm³/mol. The second-order valence-corrected chi connectivity index (χ2v) is 6.21. The maximum atomic E-state index is 6.01. The van der Waals surface area contributed by atoms with Crippen molar-refractivity contribution in [1.82, 2.24) is 4.98 Å². The molecule has 1 saturated heterocycles. The van der Waals surface area contributed by atoms with Crippen LogP contribution in [0.5, 0.6) is 0 Å². The van der Waals surface area contributed by atoms with E-state index in [4.69, 9.17) is 16.3 Å². The van der Waals surface area contributed by atoms with Crippen LogP contribution in [0.2, 0.25) is 0 Å². The van der Waals surface area contributed by atoms with Gasteiger partial charge in [-0.3, -0.25) is 4.98 Å². The molecule has 18 heavy (non-hydrogen) atoms. The maximum absolute atomic E-state index is 6.01. The summed E-state index contributed by atoms with van der Waals surface area (Å²) in [6.45, 7) is 4.07. The zero-order valence-corrected chi connectivity index (χ0v) is 13.0. The Hall–Kier alpha value is -0.120. The van der Waals surface area contributed by atoms with Gasteiger partial charge in [0, 0.05) is 35.5 Å². The van der Waals surface area contributed by atoms with E-state index in [1.165, 1.54) is 19.3 Å². The number of alkyl halides is 1. The minimum Gasteiger partial charge on any atom is -0.381 e. The standard InChI is InChI=1S/C14H19BrClNO/c1-10(6-11-2-4-18-5-3-11)14-12(8-16)7-13(15)9-17-14/h7,9-11H,2-6,8H2,1H3/t10-/m0/s1. The van der Waals surface area contributed by atoms with E-state index in [2.05, 4.69) is 33.9 Å². The lowest BCUT2D eigenvalue weighted by molar-refractivity contribution is 0.0620.